The fourth-order valence-corrected chi connectivity index (χ4v) is 5.25. The number of nitrogens with zero attached hydrogens (tertiary/aromatic N) is 3. The van der Waals surface area contributed by atoms with E-state index in [9.17, 15) is 28.1 Å². The highest BCUT2D eigenvalue weighted by Crippen LogP contribution is 2.42. The summed E-state index contributed by atoms with van der Waals surface area (Å²) in [6, 6.07) is 21.7. The van der Waals surface area contributed by atoms with E-state index in [4.69, 9.17) is 14.5 Å². The maximum Gasteiger partial charge on any atom is 0.416 e. The van der Waals surface area contributed by atoms with E-state index in [1.165, 1.54) is 29.8 Å². The van der Waals surface area contributed by atoms with Crippen LogP contribution in [0.4, 0.5) is 30.2 Å². The Hall–Kier alpha value is -5.10. The Morgan fingerprint density at radius 2 is 1.52 bits per heavy atom. The Morgan fingerprint density at radius 3 is 2.14 bits per heavy atom. The third-order valence-electron chi connectivity index (χ3n) is 6.55. The predicted octanol–water partition coefficient (Wildman–Crippen LogP) is 8.84. The first-order valence-corrected chi connectivity index (χ1v) is 13.9. The van der Waals surface area contributed by atoms with Crippen LogP contribution in [0.2, 0.25) is 0 Å². The smallest absolute Gasteiger partial charge is 0.416 e. The number of anilines is 1. The third-order valence-corrected chi connectivity index (χ3v) is 7.51. The Bertz CT molecular complexity index is 1800. The predicted molar refractivity (Wildman–Crippen MR) is 164 cm³/mol. The van der Waals surface area contributed by atoms with Gasteiger partial charge in [0.05, 0.1) is 33.9 Å². The van der Waals surface area contributed by atoms with Crippen molar-refractivity contribution in [3.05, 3.63) is 122 Å². The van der Waals surface area contributed by atoms with E-state index in [-0.39, 0.29) is 23.2 Å². The minimum Gasteiger partial charge on any atom is -0.493 e. The van der Waals surface area contributed by atoms with Crippen molar-refractivity contribution in [2.75, 3.05) is 12.0 Å². The Kier molecular flexibility index (Phi) is 8.45. The van der Waals surface area contributed by atoms with E-state index in [2.05, 4.69) is 0 Å². The molecular formula is C32H24F3N3O5S. The lowest BCUT2D eigenvalue weighted by molar-refractivity contribution is -0.385. The highest BCUT2D eigenvalue weighted by Gasteiger charge is 2.35. The Balaban J connectivity index is 1.48. The zero-order valence-corrected chi connectivity index (χ0v) is 24.4. The SMILES string of the molecule is COc1cc(/C=C2\SC(=Nc3ccc(C)cc3)N(c3ccc(C)cc3)C2=O)ccc1Oc1ccc(C(F)(F)F)cc1[N+](=O)[O-]. The van der Waals surface area contributed by atoms with Gasteiger partial charge in [0.15, 0.2) is 16.7 Å². The molecule has 1 fully saturated rings. The van der Waals surface area contributed by atoms with Crippen LogP contribution in [0.25, 0.3) is 6.08 Å². The molecule has 0 unspecified atom stereocenters. The molecule has 0 saturated carbocycles. The van der Waals surface area contributed by atoms with Crippen molar-refractivity contribution < 1.29 is 32.4 Å². The molecule has 4 aromatic rings. The van der Waals surface area contributed by atoms with Crippen LogP contribution in [0.3, 0.4) is 0 Å². The number of nitro groups is 1. The highest BCUT2D eigenvalue weighted by molar-refractivity contribution is 8.19. The van der Waals surface area contributed by atoms with Gasteiger partial charge < -0.3 is 9.47 Å². The van der Waals surface area contributed by atoms with Gasteiger partial charge in [-0.2, -0.15) is 13.2 Å². The molecule has 224 valence electrons. The molecule has 1 saturated heterocycles. The van der Waals surface area contributed by atoms with E-state index in [1.807, 2.05) is 62.4 Å². The minimum absolute atomic E-state index is 0.0332. The zero-order chi connectivity index (χ0) is 31.6. The molecule has 0 aliphatic carbocycles. The normalized spacial score (nSPS) is 15.2. The Labute approximate surface area is 254 Å². The lowest BCUT2D eigenvalue weighted by Gasteiger charge is -2.16. The van der Waals surface area contributed by atoms with Crippen molar-refractivity contribution >= 4 is 46.0 Å². The van der Waals surface area contributed by atoms with Crippen molar-refractivity contribution in [3.63, 3.8) is 0 Å². The van der Waals surface area contributed by atoms with Gasteiger partial charge in [-0.3, -0.25) is 19.8 Å². The summed E-state index contributed by atoms with van der Waals surface area (Å²) in [6.07, 6.45) is -3.11. The van der Waals surface area contributed by atoms with Gasteiger partial charge in [-0.1, -0.05) is 41.5 Å². The van der Waals surface area contributed by atoms with Crippen molar-refractivity contribution in [1.29, 1.82) is 0 Å². The monoisotopic (exact) mass is 619 g/mol. The molecule has 44 heavy (non-hydrogen) atoms. The maximum absolute atomic E-state index is 13.7. The number of alkyl halides is 3. The molecule has 8 nitrogen and oxygen atoms in total. The second-order valence-electron chi connectivity index (χ2n) is 9.77. The summed E-state index contributed by atoms with van der Waals surface area (Å²) in [7, 11) is 1.35. The standard InChI is InChI=1S/C32H24F3N3O5S/c1-19-4-10-23(11-5-19)36-31-37(24-12-6-20(2)7-13-24)30(39)29(44-31)17-21-8-14-27(28(16-21)42-3)43-26-15-9-22(32(33,34)35)18-25(26)38(40)41/h4-18H,1-3H3/b29-17-,36-31?. The molecule has 0 radical (unpaired) electrons. The van der Waals surface area contributed by atoms with E-state index >= 15 is 0 Å². The minimum atomic E-state index is -4.76. The molecule has 12 heteroatoms. The number of ether oxygens (including phenoxy) is 2. The van der Waals surface area contributed by atoms with Gasteiger partial charge in [0.2, 0.25) is 5.75 Å². The molecule has 0 bridgehead atoms. The van der Waals surface area contributed by atoms with Crippen LogP contribution in [0.1, 0.15) is 22.3 Å². The summed E-state index contributed by atoms with van der Waals surface area (Å²) < 4.78 is 50.4. The largest absolute Gasteiger partial charge is 0.493 e. The fraction of sp³-hybridized carbons (Fsp3) is 0.125. The summed E-state index contributed by atoms with van der Waals surface area (Å²) in [5.41, 5.74) is 1.98. The molecule has 1 heterocycles. The first-order valence-electron chi connectivity index (χ1n) is 13.1. The molecule has 1 aliphatic heterocycles. The van der Waals surface area contributed by atoms with Gasteiger partial charge in [-0.15, -0.1) is 0 Å². The summed E-state index contributed by atoms with van der Waals surface area (Å²) in [5, 5.41) is 12.0. The number of halogens is 3. The fourth-order valence-electron chi connectivity index (χ4n) is 4.25. The van der Waals surface area contributed by atoms with Crippen LogP contribution in [0, 0.1) is 24.0 Å². The van der Waals surface area contributed by atoms with Crippen LogP contribution in [-0.2, 0) is 11.0 Å². The number of hydrogen-bond donors (Lipinski definition) is 0. The van der Waals surface area contributed by atoms with E-state index in [0.29, 0.717) is 39.1 Å². The number of hydrogen-bond acceptors (Lipinski definition) is 7. The van der Waals surface area contributed by atoms with Crippen molar-refractivity contribution in [3.8, 4) is 17.2 Å². The van der Waals surface area contributed by atoms with Crippen molar-refractivity contribution in [1.82, 2.24) is 0 Å². The summed E-state index contributed by atoms with van der Waals surface area (Å²) in [5.74, 6) is -0.497. The molecule has 5 rings (SSSR count). The number of aliphatic imine (C=N–C) groups is 1. The van der Waals surface area contributed by atoms with Crippen molar-refractivity contribution in [2.45, 2.75) is 20.0 Å². The summed E-state index contributed by atoms with van der Waals surface area (Å²) in [4.78, 5) is 30.9. The van der Waals surface area contributed by atoms with Gasteiger partial charge in [-0.05, 0) is 85.8 Å². The maximum atomic E-state index is 13.7. The number of nitro benzene ring substituents is 1. The lowest BCUT2D eigenvalue weighted by Crippen LogP contribution is -2.28. The van der Waals surface area contributed by atoms with Gasteiger partial charge in [0.25, 0.3) is 5.91 Å². The van der Waals surface area contributed by atoms with Crippen LogP contribution in [0.5, 0.6) is 17.2 Å². The first-order chi connectivity index (χ1) is 20.9. The number of benzene rings is 4. The number of methoxy groups -OCH3 is 1. The number of rotatable bonds is 7. The number of amides is 1. The topological polar surface area (TPSA) is 94.3 Å². The summed E-state index contributed by atoms with van der Waals surface area (Å²) >= 11 is 1.20. The molecular weight excluding hydrogens is 595 g/mol. The quantitative estimate of drug-likeness (QED) is 0.117. The van der Waals surface area contributed by atoms with Gasteiger partial charge in [0, 0.05) is 6.07 Å². The highest BCUT2D eigenvalue weighted by atomic mass is 32.2. The summed E-state index contributed by atoms with van der Waals surface area (Å²) in [6.45, 7) is 3.92. The molecule has 1 amide bonds. The first kappa shape index (κ1) is 30.4. The molecule has 0 N–H and O–H groups in total. The van der Waals surface area contributed by atoms with Gasteiger partial charge >= 0.3 is 11.9 Å². The van der Waals surface area contributed by atoms with Crippen LogP contribution < -0.4 is 14.4 Å². The molecule has 0 spiro atoms. The van der Waals surface area contributed by atoms with E-state index < -0.39 is 22.4 Å². The Morgan fingerprint density at radius 1 is 0.886 bits per heavy atom. The van der Waals surface area contributed by atoms with Crippen LogP contribution in [0.15, 0.2) is 94.8 Å². The van der Waals surface area contributed by atoms with Gasteiger partial charge in [0.1, 0.15) is 0 Å². The van der Waals surface area contributed by atoms with Crippen molar-refractivity contribution in [2.24, 2.45) is 4.99 Å². The zero-order valence-electron chi connectivity index (χ0n) is 23.6. The third kappa shape index (κ3) is 6.60. The van der Waals surface area contributed by atoms with E-state index in [1.54, 1.807) is 18.2 Å². The average molecular weight is 620 g/mol. The number of amidine groups is 1. The molecule has 0 atom stereocenters. The number of aryl methyl sites for hydroxylation is 2. The lowest BCUT2D eigenvalue weighted by atomic mass is 10.1. The molecule has 0 aromatic heterocycles. The second kappa shape index (κ2) is 12.3. The van der Waals surface area contributed by atoms with Crippen LogP contribution >= 0.6 is 11.8 Å². The number of carbonyl (C=O) groups excluding carboxylic acids is 1. The van der Waals surface area contributed by atoms with E-state index in [0.717, 1.165) is 17.2 Å². The second-order valence-corrected chi connectivity index (χ2v) is 10.8. The molecule has 4 aromatic carbocycles. The number of carbonyl (C=O) groups is 1. The molecule has 1 aliphatic rings. The number of thioether (sulfide) groups is 1. The van der Waals surface area contributed by atoms with Gasteiger partial charge in [-0.25, -0.2) is 4.99 Å². The average Bonchev–Trinajstić information content (AvgIpc) is 3.28. The van der Waals surface area contributed by atoms with Crippen LogP contribution in [-0.4, -0.2) is 23.1 Å².